The molecule has 0 bridgehead atoms. The van der Waals surface area contributed by atoms with Gasteiger partial charge in [0.15, 0.2) is 11.5 Å². The Balaban J connectivity index is 1.42. The van der Waals surface area contributed by atoms with Gasteiger partial charge in [-0.2, -0.15) is 0 Å². The highest BCUT2D eigenvalue weighted by molar-refractivity contribution is 5.89. The molecule has 2 atom stereocenters. The third kappa shape index (κ3) is 5.29. The number of hydrogen-bond donors (Lipinski definition) is 2. The zero-order valence-corrected chi connectivity index (χ0v) is 16.6. The van der Waals surface area contributed by atoms with Crippen LogP contribution >= 0.6 is 0 Å². The summed E-state index contributed by atoms with van der Waals surface area (Å²) in [6, 6.07) is 8.86. The molecule has 0 aliphatic rings. The lowest BCUT2D eigenvalue weighted by Gasteiger charge is -2.21. The van der Waals surface area contributed by atoms with Crippen LogP contribution in [0.2, 0.25) is 0 Å². The molecule has 1 aromatic carbocycles. The Bertz CT molecular complexity index is 926. The fraction of sp³-hybridized carbons (Fsp3) is 0.429. The number of carbonyl (C=O) groups excluding carboxylic acids is 1. The monoisotopic (exact) mass is 397 g/mol. The summed E-state index contributed by atoms with van der Waals surface area (Å²) < 4.78 is 7.17. The number of rotatable bonds is 10. The summed E-state index contributed by atoms with van der Waals surface area (Å²) in [5.41, 5.74) is 7.61. The molecule has 0 saturated carbocycles. The van der Waals surface area contributed by atoms with Gasteiger partial charge in [0, 0.05) is 0 Å². The normalized spacial score (nSPS) is 13.3. The van der Waals surface area contributed by atoms with Crippen LogP contribution in [0.3, 0.4) is 0 Å². The lowest BCUT2D eigenvalue weighted by Crippen LogP contribution is -2.21. The van der Waals surface area contributed by atoms with Crippen molar-refractivity contribution in [2.75, 3.05) is 12.3 Å². The number of aliphatic hydroxyl groups is 1. The lowest BCUT2D eigenvalue weighted by molar-refractivity contribution is 0.0497. The van der Waals surface area contributed by atoms with E-state index >= 15 is 0 Å². The Kier molecular flexibility index (Phi) is 7.13. The summed E-state index contributed by atoms with van der Waals surface area (Å²) in [5, 5.41) is 10.2. The van der Waals surface area contributed by atoms with E-state index in [1.54, 1.807) is 25.4 Å². The van der Waals surface area contributed by atoms with E-state index in [1.807, 2.05) is 22.8 Å². The number of aromatic nitrogens is 4. The van der Waals surface area contributed by atoms with Crippen molar-refractivity contribution in [2.24, 2.45) is 0 Å². The maximum absolute atomic E-state index is 11.9. The highest BCUT2D eigenvalue weighted by Gasteiger charge is 2.20. The van der Waals surface area contributed by atoms with Gasteiger partial charge in [-0.25, -0.2) is 19.7 Å². The molecule has 0 amide bonds. The zero-order chi connectivity index (χ0) is 20.6. The number of imidazole rings is 1. The first-order valence-electron chi connectivity index (χ1n) is 9.91. The second-order valence-corrected chi connectivity index (χ2v) is 7.10. The Hall–Kier alpha value is -3.00. The van der Waals surface area contributed by atoms with Crippen LogP contribution in [0.1, 0.15) is 55.4 Å². The number of aliphatic hydroxyl groups excluding tert-OH is 1. The van der Waals surface area contributed by atoms with Gasteiger partial charge in [-0.05, 0) is 31.9 Å². The molecule has 29 heavy (non-hydrogen) atoms. The van der Waals surface area contributed by atoms with Gasteiger partial charge in [-0.3, -0.25) is 0 Å². The van der Waals surface area contributed by atoms with Gasteiger partial charge >= 0.3 is 5.97 Å². The van der Waals surface area contributed by atoms with Crippen molar-refractivity contribution < 1.29 is 14.6 Å². The molecular formula is C21H27N5O3. The van der Waals surface area contributed by atoms with Crippen LogP contribution in [-0.2, 0) is 4.74 Å². The third-order valence-corrected chi connectivity index (χ3v) is 4.94. The molecule has 3 rings (SSSR count). The fourth-order valence-electron chi connectivity index (χ4n) is 3.36. The molecular weight excluding hydrogens is 370 g/mol. The largest absolute Gasteiger partial charge is 0.462 e. The van der Waals surface area contributed by atoms with Crippen LogP contribution in [0.4, 0.5) is 5.82 Å². The van der Waals surface area contributed by atoms with Crippen LogP contribution < -0.4 is 5.73 Å². The highest BCUT2D eigenvalue weighted by atomic mass is 16.5. The molecule has 1 unspecified atom stereocenters. The average molecular weight is 397 g/mol. The van der Waals surface area contributed by atoms with Crippen LogP contribution in [-0.4, -0.2) is 43.3 Å². The van der Waals surface area contributed by atoms with Gasteiger partial charge in [0.05, 0.1) is 30.6 Å². The first-order valence-corrected chi connectivity index (χ1v) is 9.91. The van der Waals surface area contributed by atoms with E-state index in [1.165, 1.54) is 6.33 Å². The maximum Gasteiger partial charge on any atom is 0.338 e. The van der Waals surface area contributed by atoms with E-state index in [0.717, 1.165) is 32.1 Å². The smallest absolute Gasteiger partial charge is 0.338 e. The van der Waals surface area contributed by atoms with Crippen LogP contribution in [0.5, 0.6) is 0 Å². The number of fused-ring (bicyclic) bond motifs is 1. The Labute approximate surface area is 169 Å². The van der Waals surface area contributed by atoms with Crippen LogP contribution in [0, 0.1) is 0 Å². The molecule has 154 valence electrons. The first kappa shape index (κ1) is 20.7. The topological polar surface area (TPSA) is 116 Å². The average Bonchev–Trinajstić information content (AvgIpc) is 3.15. The predicted octanol–water partition coefficient (Wildman–Crippen LogP) is 3.14. The van der Waals surface area contributed by atoms with Gasteiger partial charge in [0.25, 0.3) is 0 Å². The van der Waals surface area contributed by atoms with E-state index in [9.17, 15) is 9.90 Å². The molecule has 0 saturated heterocycles. The SMILES string of the molecule is C[C@@H](O)C(CCCCCCOC(=O)c1ccccc1)n1cnc2c(N)ncnc21. The lowest BCUT2D eigenvalue weighted by atomic mass is 10.0. The van der Waals surface area contributed by atoms with Crippen molar-refractivity contribution in [3.05, 3.63) is 48.5 Å². The summed E-state index contributed by atoms with van der Waals surface area (Å²) in [7, 11) is 0. The molecule has 0 radical (unpaired) electrons. The van der Waals surface area contributed by atoms with Crippen molar-refractivity contribution in [1.29, 1.82) is 0 Å². The van der Waals surface area contributed by atoms with E-state index in [-0.39, 0.29) is 12.0 Å². The number of ether oxygens (including phenoxy) is 1. The van der Waals surface area contributed by atoms with Crippen molar-refractivity contribution in [3.8, 4) is 0 Å². The molecule has 3 N–H and O–H groups in total. The number of benzene rings is 1. The van der Waals surface area contributed by atoms with Gasteiger partial charge in [-0.1, -0.05) is 37.5 Å². The van der Waals surface area contributed by atoms with Crippen LogP contribution in [0.15, 0.2) is 43.0 Å². The number of nitrogens with two attached hydrogens (primary N) is 1. The molecule has 8 heteroatoms. The molecule has 0 spiro atoms. The van der Waals surface area contributed by atoms with Gasteiger partial charge in [-0.15, -0.1) is 0 Å². The molecule has 0 aliphatic carbocycles. The Morgan fingerprint density at radius 2 is 1.90 bits per heavy atom. The Morgan fingerprint density at radius 1 is 1.14 bits per heavy atom. The predicted molar refractivity (Wildman–Crippen MR) is 110 cm³/mol. The minimum Gasteiger partial charge on any atom is -0.462 e. The summed E-state index contributed by atoms with van der Waals surface area (Å²) in [6.07, 6.45) is 7.00. The van der Waals surface area contributed by atoms with Crippen molar-refractivity contribution in [2.45, 2.75) is 51.2 Å². The molecule has 8 nitrogen and oxygen atoms in total. The minimum absolute atomic E-state index is 0.134. The number of carbonyl (C=O) groups is 1. The molecule has 2 aromatic heterocycles. The Morgan fingerprint density at radius 3 is 2.66 bits per heavy atom. The van der Waals surface area contributed by atoms with Crippen molar-refractivity contribution in [1.82, 2.24) is 19.5 Å². The fourth-order valence-corrected chi connectivity index (χ4v) is 3.36. The van der Waals surface area contributed by atoms with E-state index in [0.29, 0.717) is 29.2 Å². The summed E-state index contributed by atoms with van der Waals surface area (Å²) in [6.45, 7) is 2.18. The standard InChI is InChI=1S/C21H27N5O3/c1-15(27)17(26-14-25-18-19(22)23-13-24-20(18)26)11-7-2-3-8-12-29-21(28)16-9-5-4-6-10-16/h4-6,9-10,13-15,17,27H,2-3,7-8,11-12H2,1H3,(H2,22,23,24)/t15-,17?/m1/s1. The zero-order valence-electron chi connectivity index (χ0n) is 16.6. The van der Waals surface area contributed by atoms with Gasteiger partial charge in [0.1, 0.15) is 11.8 Å². The second kappa shape index (κ2) is 9.97. The summed E-state index contributed by atoms with van der Waals surface area (Å²) >= 11 is 0. The van der Waals surface area contributed by atoms with E-state index < -0.39 is 6.10 Å². The highest BCUT2D eigenvalue weighted by Crippen LogP contribution is 2.25. The maximum atomic E-state index is 11.9. The van der Waals surface area contributed by atoms with Gasteiger partial charge < -0.3 is 20.1 Å². The third-order valence-electron chi connectivity index (χ3n) is 4.94. The number of hydrogen-bond acceptors (Lipinski definition) is 7. The van der Waals surface area contributed by atoms with E-state index in [4.69, 9.17) is 10.5 Å². The molecule has 0 aliphatic heterocycles. The quantitative estimate of drug-likeness (QED) is 0.399. The number of nitrogen functional groups attached to an aromatic ring is 1. The molecule has 3 aromatic rings. The van der Waals surface area contributed by atoms with Gasteiger partial charge in [0.2, 0.25) is 0 Å². The van der Waals surface area contributed by atoms with Crippen molar-refractivity contribution in [3.63, 3.8) is 0 Å². The number of nitrogens with zero attached hydrogens (tertiary/aromatic N) is 4. The molecule has 2 heterocycles. The first-order chi connectivity index (χ1) is 14.1. The van der Waals surface area contributed by atoms with Crippen molar-refractivity contribution >= 4 is 23.0 Å². The second-order valence-electron chi connectivity index (χ2n) is 7.10. The van der Waals surface area contributed by atoms with Crippen LogP contribution in [0.25, 0.3) is 11.2 Å². The minimum atomic E-state index is -0.546. The number of esters is 1. The number of unbranched alkanes of at least 4 members (excludes halogenated alkanes) is 3. The number of anilines is 1. The summed E-state index contributed by atoms with van der Waals surface area (Å²) in [4.78, 5) is 24.4. The summed E-state index contributed by atoms with van der Waals surface area (Å²) in [5.74, 6) is 0.0520. The van der Waals surface area contributed by atoms with E-state index in [2.05, 4.69) is 15.0 Å². The molecule has 0 fully saturated rings.